The Balaban J connectivity index is 0.00000523. The summed E-state index contributed by atoms with van der Waals surface area (Å²) in [5.41, 5.74) is 2.86. The van der Waals surface area contributed by atoms with Crippen LogP contribution >= 0.6 is 0 Å². The lowest BCUT2D eigenvalue weighted by Crippen LogP contribution is -3.00. The molecule has 4 aromatic rings. The van der Waals surface area contributed by atoms with E-state index in [9.17, 15) is 45.7 Å². The summed E-state index contributed by atoms with van der Waals surface area (Å²) in [6, 6.07) is 16.0. The molecule has 2 aliphatic rings. The summed E-state index contributed by atoms with van der Waals surface area (Å²) in [7, 11) is -9.07. The Kier molecular flexibility index (Phi) is 10.1. The van der Waals surface area contributed by atoms with E-state index in [-0.39, 0.29) is 52.7 Å². The highest BCUT2D eigenvalue weighted by Crippen LogP contribution is 2.51. The minimum atomic E-state index is -4.53. The molecule has 0 amide bonds. The van der Waals surface area contributed by atoms with Crippen molar-refractivity contribution in [3.8, 4) is 0 Å². The largest absolute Gasteiger partial charge is 1.00 e. The van der Waals surface area contributed by atoms with Crippen LogP contribution in [0, 0.1) is 0 Å². The van der Waals surface area contributed by atoms with E-state index in [1.165, 1.54) is 12.1 Å². The van der Waals surface area contributed by atoms with Crippen LogP contribution in [-0.4, -0.2) is 71.5 Å². The van der Waals surface area contributed by atoms with Crippen molar-refractivity contribution in [1.29, 1.82) is 0 Å². The van der Waals surface area contributed by atoms with Crippen LogP contribution in [0.3, 0.4) is 0 Å². The number of halogens is 1. The Morgan fingerprint density at radius 1 is 0.731 bits per heavy atom. The van der Waals surface area contributed by atoms with Crippen molar-refractivity contribution in [3.63, 3.8) is 0 Å². The predicted molar refractivity (Wildman–Crippen MR) is 192 cm³/mol. The maximum Gasteiger partial charge on any atom is 0.309 e. The standard InChI is InChI=1S/C37H36N2O10S2.BrH/c1-36(2)30(38(20-18-32(40)41)26-16-14-22-24(34(26)36)8-5-10-28(22)50(44,45)46)12-7-13-31-37(3,4)35-25-9-6-11-29(51(47,48)49)23(25)15-17-27(35)39(31)21-19-33(42)43;/h5-17H,18-21H2,1-4H3,(H3-,40,41,42,43,44,45,46,47,48,49);1H. The van der Waals surface area contributed by atoms with Crippen molar-refractivity contribution < 1.29 is 67.3 Å². The third kappa shape index (κ3) is 6.56. The second kappa shape index (κ2) is 13.5. The van der Waals surface area contributed by atoms with Crippen LogP contribution in [0.2, 0.25) is 0 Å². The fourth-order valence-corrected chi connectivity index (χ4v) is 9.18. The van der Waals surface area contributed by atoms with Crippen molar-refractivity contribution in [3.05, 3.63) is 95.7 Å². The van der Waals surface area contributed by atoms with Gasteiger partial charge in [-0.05, 0) is 60.5 Å². The van der Waals surface area contributed by atoms with Gasteiger partial charge in [-0.1, -0.05) is 50.3 Å². The smallest absolute Gasteiger partial charge is 0.309 e. The number of hydrogen-bond acceptors (Lipinski definition) is 7. The maximum absolute atomic E-state index is 12.2. The fraction of sp³-hybridized carbons (Fsp3) is 0.270. The Bertz CT molecular complexity index is 2500. The molecule has 0 aliphatic carbocycles. The van der Waals surface area contributed by atoms with Gasteiger partial charge >= 0.3 is 11.9 Å². The lowest BCUT2D eigenvalue weighted by atomic mass is 9.79. The molecule has 15 heteroatoms. The van der Waals surface area contributed by atoms with Gasteiger partial charge in [-0.3, -0.25) is 18.7 Å². The summed E-state index contributed by atoms with van der Waals surface area (Å²) in [5, 5.41) is 21.1. The Hall–Kier alpha value is -4.41. The van der Waals surface area contributed by atoms with Crippen LogP contribution in [0.4, 0.5) is 11.4 Å². The molecule has 0 saturated carbocycles. The molecule has 2 heterocycles. The minimum Gasteiger partial charge on any atom is -1.00 e. The highest BCUT2D eigenvalue weighted by molar-refractivity contribution is 7.86. The number of allylic oxidation sites excluding steroid dienone is 4. The van der Waals surface area contributed by atoms with Crippen LogP contribution in [-0.2, 0) is 40.7 Å². The molecule has 12 nitrogen and oxygen atoms in total. The normalized spacial score (nSPS) is 17.2. The summed E-state index contributed by atoms with van der Waals surface area (Å²) < 4.78 is 70.7. The van der Waals surface area contributed by atoms with E-state index in [0.29, 0.717) is 32.9 Å². The van der Waals surface area contributed by atoms with Crippen LogP contribution in [0.25, 0.3) is 21.5 Å². The van der Waals surface area contributed by atoms with E-state index in [4.69, 9.17) is 0 Å². The fourth-order valence-electron chi connectivity index (χ4n) is 7.76. The van der Waals surface area contributed by atoms with Gasteiger partial charge in [0.05, 0.1) is 11.8 Å². The molecule has 0 radical (unpaired) electrons. The molecule has 0 spiro atoms. The molecule has 52 heavy (non-hydrogen) atoms. The first kappa shape index (κ1) is 38.8. The number of anilines is 1. The van der Waals surface area contributed by atoms with E-state index in [1.54, 1.807) is 48.5 Å². The van der Waals surface area contributed by atoms with Crippen LogP contribution in [0.1, 0.15) is 51.7 Å². The molecule has 0 unspecified atom stereocenters. The average Bonchev–Trinajstić information content (AvgIpc) is 3.39. The monoisotopic (exact) mass is 812 g/mol. The van der Waals surface area contributed by atoms with E-state index in [0.717, 1.165) is 22.5 Å². The van der Waals surface area contributed by atoms with Crippen molar-refractivity contribution >= 4 is 70.8 Å². The Morgan fingerprint density at radius 2 is 1.27 bits per heavy atom. The molecule has 0 fully saturated rings. The first-order valence-electron chi connectivity index (χ1n) is 16.1. The molecule has 6 rings (SSSR count). The first-order chi connectivity index (χ1) is 23.8. The SMILES string of the molecule is CC1(C)C(/C=C/C=C2\N(CCC(=O)O)c3ccc4c(S(=O)(=O)O)cccc4c3C2(C)C)=[N+](CCC(=O)O)c2ccc3c(S(=O)(=O)O)cccc3c21.[Br-]. The van der Waals surface area contributed by atoms with Gasteiger partial charge in [-0.15, -0.1) is 0 Å². The zero-order valence-electron chi connectivity index (χ0n) is 28.7. The van der Waals surface area contributed by atoms with E-state index < -0.39 is 43.0 Å². The van der Waals surface area contributed by atoms with Crippen LogP contribution < -0.4 is 21.9 Å². The number of aliphatic carboxylic acids is 2. The van der Waals surface area contributed by atoms with E-state index in [2.05, 4.69) is 0 Å². The van der Waals surface area contributed by atoms with Crippen molar-refractivity contribution in [2.75, 3.05) is 18.0 Å². The van der Waals surface area contributed by atoms with Gasteiger partial charge in [-0.2, -0.15) is 21.4 Å². The zero-order valence-corrected chi connectivity index (χ0v) is 31.9. The number of fused-ring (bicyclic) bond motifs is 6. The molecule has 274 valence electrons. The van der Waals surface area contributed by atoms with Crippen molar-refractivity contribution in [2.45, 2.75) is 61.2 Å². The van der Waals surface area contributed by atoms with Gasteiger partial charge < -0.3 is 32.1 Å². The molecule has 4 aromatic carbocycles. The lowest BCUT2D eigenvalue weighted by Gasteiger charge is -2.26. The second-order valence-corrected chi connectivity index (χ2v) is 16.5. The molecular formula is C37H37BrN2O10S2. The third-order valence-electron chi connectivity index (χ3n) is 9.86. The number of rotatable bonds is 10. The summed E-state index contributed by atoms with van der Waals surface area (Å²) in [6.07, 6.45) is 5.17. The van der Waals surface area contributed by atoms with Crippen molar-refractivity contribution in [1.82, 2.24) is 0 Å². The molecule has 0 bridgehead atoms. The van der Waals surface area contributed by atoms with Gasteiger partial charge in [0, 0.05) is 51.8 Å². The molecule has 0 aromatic heterocycles. The molecular weight excluding hydrogens is 776 g/mol. The number of hydrogen-bond donors (Lipinski definition) is 4. The highest BCUT2D eigenvalue weighted by Gasteiger charge is 2.46. The number of benzene rings is 4. The summed E-state index contributed by atoms with van der Waals surface area (Å²) in [6.45, 7) is 8.04. The average molecular weight is 814 g/mol. The predicted octanol–water partition coefficient (Wildman–Crippen LogP) is 3.05. The molecule has 0 atom stereocenters. The molecule has 2 aliphatic heterocycles. The maximum atomic E-state index is 12.2. The van der Waals surface area contributed by atoms with Gasteiger partial charge in [-0.25, -0.2) is 0 Å². The number of nitrogens with zero attached hydrogens (tertiary/aromatic N) is 2. The lowest BCUT2D eigenvalue weighted by molar-refractivity contribution is -0.436. The van der Waals surface area contributed by atoms with Gasteiger partial charge in [0.2, 0.25) is 5.69 Å². The van der Waals surface area contributed by atoms with Crippen LogP contribution in [0.15, 0.2) is 94.4 Å². The second-order valence-electron chi connectivity index (χ2n) is 13.7. The Labute approximate surface area is 311 Å². The molecule has 0 saturated heterocycles. The summed E-state index contributed by atoms with van der Waals surface area (Å²) in [4.78, 5) is 24.9. The topological polar surface area (TPSA) is 190 Å². The quantitative estimate of drug-likeness (QED) is 0.136. The first-order valence-corrected chi connectivity index (χ1v) is 19.0. The highest BCUT2D eigenvalue weighted by atomic mass is 79.9. The third-order valence-corrected chi connectivity index (χ3v) is 11.7. The van der Waals surface area contributed by atoms with E-state index >= 15 is 0 Å². The van der Waals surface area contributed by atoms with Gasteiger partial charge in [0.15, 0.2) is 12.3 Å². The zero-order chi connectivity index (χ0) is 37.3. The van der Waals surface area contributed by atoms with Gasteiger partial charge in [0.1, 0.15) is 16.2 Å². The van der Waals surface area contributed by atoms with E-state index in [1.807, 2.05) is 55.4 Å². The minimum absolute atomic E-state index is 0. The number of carboxylic acid groups (broad SMARTS) is 2. The summed E-state index contributed by atoms with van der Waals surface area (Å²) >= 11 is 0. The number of carboxylic acids is 2. The number of carbonyl (C=O) groups is 2. The van der Waals surface area contributed by atoms with Crippen LogP contribution in [0.5, 0.6) is 0 Å². The van der Waals surface area contributed by atoms with Gasteiger partial charge in [0.25, 0.3) is 20.2 Å². The van der Waals surface area contributed by atoms with Crippen molar-refractivity contribution in [2.24, 2.45) is 0 Å². The Morgan fingerprint density at radius 3 is 1.81 bits per heavy atom. The summed E-state index contributed by atoms with van der Waals surface area (Å²) in [5.74, 6) is -1.99. The molecule has 4 N–H and O–H groups in total.